The van der Waals surface area contributed by atoms with E-state index in [9.17, 15) is 0 Å². The van der Waals surface area contributed by atoms with Crippen molar-refractivity contribution in [1.82, 2.24) is 19.1 Å². The van der Waals surface area contributed by atoms with Crippen molar-refractivity contribution >= 4 is 5.82 Å². The molecule has 114 valence electrons. The van der Waals surface area contributed by atoms with Gasteiger partial charge in [0.25, 0.3) is 0 Å². The Hall–Kier alpha value is -1.78. The van der Waals surface area contributed by atoms with Gasteiger partial charge >= 0.3 is 0 Å². The number of hydrogen-bond donors (Lipinski definition) is 1. The highest BCUT2D eigenvalue weighted by Gasteiger charge is 2.26. The Morgan fingerprint density at radius 3 is 2.71 bits per heavy atom. The van der Waals surface area contributed by atoms with Crippen LogP contribution in [0.3, 0.4) is 0 Å². The summed E-state index contributed by atoms with van der Waals surface area (Å²) in [4.78, 5) is 9.20. The SMILES string of the molecule is CCCn1cncc1-c1nc(C2CCCC2)n(CC)c1N. The molecule has 1 saturated carbocycles. The van der Waals surface area contributed by atoms with E-state index in [1.165, 1.54) is 31.5 Å². The van der Waals surface area contributed by atoms with Gasteiger partial charge in [-0.15, -0.1) is 0 Å². The van der Waals surface area contributed by atoms with Crippen molar-refractivity contribution in [2.45, 2.75) is 65.0 Å². The molecule has 0 bridgehead atoms. The van der Waals surface area contributed by atoms with Crippen LogP contribution in [0.4, 0.5) is 5.82 Å². The predicted octanol–water partition coefficient (Wildman–Crippen LogP) is 3.42. The van der Waals surface area contributed by atoms with E-state index in [0.717, 1.165) is 36.7 Å². The van der Waals surface area contributed by atoms with Gasteiger partial charge in [0.15, 0.2) is 0 Å². The molecule has 0 atom stereocenters. The number of aryl methyl sites for hydroxylation is 1. The van der Waals surface area contributed by atoms with Crippen molar-refractivity contribution < 1.29 is 0 Å². The van der Waals surface area contributed by atoms with Crippen molar-refractivity contribution in [2.24, 2.45) is 0 Å². The third-order valence-corrected chi connectivity index (χ3v) is 4.49. The van der Waals surface area contributed by atoms with Gasteiger partial charge in [-0.3, -0.25) is 0 Å². The molecule has 0 radical (unpaired) electrons. The number of rotatable bonds is 5. The minimum Gasteiger partial charge on any atom is -0.383 e. The van der Waals surface area contributed by atoms with Gasteiger partial charge in [0.2, 0.25) is 0 Å². The van der Waals surface area contributed by atoms with Gasteiger partial charge in [0.05, 0.1) is 18.2 Å². The first-order valence-electron chi connectivity index (χ1n) is 8.12. The van der Waals surface area contributed by atoms with Crippen LogP contribution in [-0.4, -0.2) is 19.1 Å². The van der Waals surface area contributed by atoms with Gasteiger partial charge in [0.1, 0.15) is 17.3 Å². The van der Waals surface area contributed by atoms with Gasteiger partial charge in [-0.2, -0.15) is 0 Å². The normalized spacial score (nSPS) is 15.9. The Morgan fingerprint density at radius 1 is 1.29 bits per heavy atom. The van der Waals surface area contributed by atoms with Gasteiger partial charge in [0, 0.05) is 19.0 Å². The van der Waals surface area contributed by atoms with E-state index in [0.29, 0.717) is 5.92 Å². The van der Waals surface area contributed by atoms with Crippen LogP contribution < -0.4 is 5.73 Å². The topological polar surface area (TPSA) is 61.7 Å². The van der Waals surface area contributed by atoms with E-state index in [1.807, 2.05) is 12.5 Å². The Bertz CT molecular complexity index is 604. The summed E-state index contributed by atoms with van der Waals surface area (Å²) in [7, 11) is 0. The maximum atomic E-state index is 6.40. The average molecular weight is 287 g/mol. The van der Waals surface area contributed by atoms with Crippen LogP contribution >= 0.6 is 0 Å². The van der Waals surface area contributed by atoms with E-state index in [4.69, 9.17) is 10.7 Å². The van der Waals surface area contributed by atoms with Crippen LogP contribution in [0.5, 0.6) is 0 Å². The molecule has 2 aromatic heterocycles. The second-order valence-corrected chi connectivity index (χ2v) is 5.90. The van der Waals surface area contributed by atoms with Crippen LogP contribution in [0.2, 0.25) is 0 Å². The zero-order valence-electron chi connectivity index (χ0n) is 13.0. The summed E-state index contributed by atoms with van der Waals surface area (Å²) in [5.74, 6) is 2.53. The summed E-state index contributed by atoms with van der Waals surface area (Å²) in [5, 5.41) is 0. The summed E-state index contributed by atoms with van der Waals surface area (Å²) in [6.07, 6.45) is 9.93. The van der Waals surface area contributed by atoms with Crippen molar-refractivity contribution in [3.8, 4) is 11.4 Å². The molecule has 0 aromatic carbocycles. The third kappa shape index (κ3) is 2.45. The second-order valence-electron chi connectivity index (χ2n) is 5.90. The van der Waals surface area contributed by atoms with Crippen LogP contribution in [0, 0.1) is 0 Å². The molecular weight excluding hydrogens is 262 g/mol. The Balaban J connectivity index is 2.04. The van der Waals surface area contributed by atoms with Crippen LogP contribution in [0.15, 0.2) is 12.5 Å². The summed E-state index contributed by atoms with van der Waals surface area (Å²) in [6, 6.07) is 0. The number of imidazole rings is 2. The number of hydrogen-bond acceptors (Lipinski definition) is 3. The van der Waals surface area contributed by atoms with Crippen molar-refractivity contribution in [3.05, 3.63) is 18.3 Å². The Labute approximate surface area is 126 Å². The lowest BCUT2D eigenvalue weighted by Gasteiger charge is -2.11. The molecule has 2 N–H and O–H groups in total. The van der Waals surface area contributed by atoms with Gasteiger partial charge < -0.3 is 14.9 Å². The first kappa shape index (κ1) is 14.2. The number of nitrogen functional groups attached to an aromatic ring is 1. The number of nitrogens with two attached hydrogens (primary N) is 1. The molecule has 0 spiro atoms. The number of nitrogens with zero attached hydrogens (tertiary/aromatic N) is 4. The lowest BCUT2D eigenvalue weighted by atomic mass is 10.1. The third-order valence-electron chi connectivity index (χ3n) is 4.49. The summed E-state index contributed by atoms with van der Waals surface area (Å²) < 4.78 is 4.34. The Morgan fingerprint density at radius 2 is 2.05 bits per heavy atom. The summed E-state index contributed by atoms with van der Waals surface area (Å²) >= 11 is 0. The maximum absolute atomic E-state index is 6.40. The molecule has 1 aliphatic carbocycles. The first-order valence-corrected chi connectivity index (χ1v) is 8.12. The molecule has 21 heavy (non-hydrogen) atoms. The molecule has 1 aliphatic rings. The molecule has 2 aromatic rings. The lowest BCUT2D eigenvalue weighted by Crippen LogP contribution is -2.08. The summed E-state index contributed by atoms with van der Waals surface area (Å²) in [6.45, 7) is 6.14. The molecule has 3 rings (SSSR count). The van der Waals surface area contributed by atoms with E-state index >= 15 is 0 Å². The van der Waals surface area contributed by atoms with E-state index in [-0.39, 0.29) is 0 Å². The van der Waals surface area contributed by atoms with E-state index in [2.05, 4.69) is 28.0 Å². The Kier molecular flexibility index (Phi) is 3.99. The lowest BCUT2D eigenvalue weighted by molar-refractivity contribution is 0.604. The average Bonchev–Trinajstić information content (AvgIpc) is 3.18. The standard InChI is InChI=1S/C16H25N5/c1-3-9-20-11-18-10-13(20)14-15(17)21(4-2)16(19-14)12-7-5-6-8-12/h10-12H,3-9,17H2,1-2H3. The first-order chi connectivity index (χ1) is 10.3. The van der Waals surface area contributed by atoms with E-state index < -0.39 is 0 Å². The zero-order valence-corrected chi connectivity index (χ0v) is 13.0. The fraction of sp³-hybridized carbons (Fsp3) is 0.625. The van der Waals surface area contributed by atoms with Gasteiger partial charge in [-0.25, -0.2) is 9.97 Å². The molecule has 5 heteroatoms. The molecule has 1 fully saturated rings. The molecule has 0 unspecified atom stereocenters. The van der Waals surface area contributed by atoms with Gasteiger partial charge in [-0.1, -0.05) is 19.8 Å². The minimum atomic E-state index is 0.573. The minimum absolute atomic E-state index is 0.573. The quantitative estimate of drug-likeness (QED) is 0.916. The second kappa shape index (κ2) is 5.92. The highest BCUT2D eigenvalue weighted by atomic mass is 15.2. The highest BCUT2D eigenvalue weighted by molar-refractivity contribution is 5.68. The van der Waals surface area contributed by atoms with Crippen molar-refractivity contribution in [2.75, 3.05) is 5.73 Å². The number of anilines is 1. The van der Waals surface area contributed by atoms with Crippen LogP contribution in [-0.2, 0) is 13.1 Å². The van der Waals surface area contributed by atoms with E-state index in [1.54, 1.807) is 0 Å². The molecule has 0 saturated heterocycles. The number of aromatic nitrogens is 4. The van der Waals surface area contributed by atoms with Gasteiger partial charge in [-0.05, 0) is 26.2 Å². The molecule has 0 amide bonds. The summed E-state index contributed by atoms with van der Waals surface area (Å²) in [5.41, 5.74) is 8.35. The fourth-order valence-electron chi connectivity index (χ4n) is 3.44. The zero-order chi connectivity index (χ0) is 14.8. The molecular formula is C16H25N5. The molecule has 2 heterocycles. The van der Waals surface area contributed by atoms with Crippen molar-refractivity contribution in [1.29, 1.82) is 0 Å². The molecule has 0 aliphatic heterocycles. The maximum Gasteiger partial charge on any atom is 0.133 e. The highest BCUT2D eigenvalue weighted by Crippen LogP contribution is 2.37. The fourth-order valence-corrected chi connectivity index (χ4v) is 3.44. The smallest absolute Gasteiger partial charge is 0.133 e. The monoisotopic (exact) mass is 287 g/mol. The van der Waals surface area contributed by atoms with Crippen LogP contribution in [0.25, 0.3) is 11.4 Å². The largest absolute Gasteiger partial charge is 0.383 e. The predicted molar refractivity (Wildman–Crippen MR) is 85.0 cm³/mol. The van der Waals surface area contributed by atoms with Crippen LogP contribution in [0.1, 0.15) is 57.7 Å². The van der Waals surface area contributed by atoms with Crippen molar-refractivity contribution in [3.63, 3.8) is 0 Å². The molecule has 5 nitrogen and oxygen atoms in total.